The van der Waals surface area contributed by atoms with Gasteiger partial charge in [-0.05, 0) is 20.8 Å². The molecule has 0 atom stereocenters. The lowest BCUT2D eigenvalue weighted by Crippen LogP contribution is -2.39. The second-order valence-electron chi connectivity index (χ2n) is 3.16. The lowest BCUT2D eigenvalue weighted by molar-refractivity contribution is 0.184. The molecule has 1 amide bonds. The number of amides is 1. The molecule has 0 rings (SSSR count). The quantitative estimate of drug-likeness (QED) is 0.553. The monoisotopic (exact) mass is 196 g/mol. The van der Waals surface area contributed by atoms with Crippen LogP contribution in [0.25, 0.3) is 0 Å². The molecule has 0 saturated carbocycles. The van der Waals surface area contributed by atoms with E-state index >= 15 is 0 Å². The predicted octanol–water partition coefficient (Wildman–Crippen LogP) is 1.24. The highest BCUT2D eigenvalue weighted by Crippen LogP contribution is 1.96. The van der Waals surface area contributed by atoms with Gasteiger partial charge < -0.3 is 16.2 Å². The number of hydrogen-bond donors (Lipinski definition) is 3. The van der Waals surface area contributed by atoms with Crippen LogP contribution in [0.3, 0.4) is 0 Å². The van der Waals surface area contributed by atoms with Crippen molar-refractivity contribution in [1.82, 2.24) is 5.32 Å². The highest BCUT2D eigenvalue weighted by atomic mass is 35.5. The minimum absolute atomic E-state index is 0.328. The first-order valence-electron chi connectivity index (χ1n) is 3.60. The minimum Gasteiger partial charge on any atom is -0.465 e. The molecule has 4 N–H and O–H groups in total. The van der Waals surface area contributed by atoms with Gasteiger partial charge in [0.2, 0.25) is 0 Å². The third kappa shape index (κ3) is 22.7. The Kier molecular flexibility index (Phi) is 8.42. The smallest absolute Gasteiger partial charge is 0.405 e. The van der Waals surface area contributed by atoms with E-state index in [1.807, 2.05) is 0 Å². The predicted molar refractivity (Wildman–Crippen MR) is 50.7 cm³/mol. The molecule has 0 heterocycles. The Morgan fingerprint density at radius 3 is 1.92 bits per heavy atom. The van der Waals surface area contributed by atoms with Gasteiger partial charge in [0.05, 0.1) is 0 Å². The summed E-state index contributed by atoms with van der Waals surface area (Å²) in [4.78, 5) is 9.90. The van der Waals surface area contributed by atoms with E-state index in [9.17, 15) is 4.79 Å². The molecule has 0 bridgehead atoms. The number of rotatable bonds is 1. The fourth-order valence-corrected chi connectivity index (χ4v) is 0.321. The summed E-state index contributed by atoms with van der Waals surface area (Å²) in [6, 6.07) is 0. The average Bonchev–Trinajstić information content (AvgIpc) is 1.83. The number of alkyl halides is 1. The Morgan fingerprint density at radius 2 is 1.92 bits per heavy atom. The zero-order valence-corrected chi connectivity index (χ0v) is 8.48. The third-order valence-corrected chi connectivity index (χ3v) is 0.809. The molecule has 0 aromatic heterocycles. The van der Waals surface area contributed by atoms with Crippen molar-refractivity contribution in [3.63, 3.8) is 0 Å². The molecule has 0 saturated heterocycles. The van der Waals surface area contributed by atoms with E-state index in [-0.39, 0.29) is 5.54 Å². The number of nitrogens with one attached hydrogen (secondary N) is 1. The fraction of sp³-hybridized carbons (Fsp3) is 0.857. The van der Waals surface area contributed by atoms with Gasteiger partial charge >= 0.3 is 6.09 Å². The van der Waals surface area contributed by atoms with E-state index in [0.29, 0.717) is 12.4 Å². The molecular weight excluding hydrogens is 180 g/mol. The van der Waals surface area contributed by atoms with Gasteiger partial charge in [-0.3, -0.25) is 0 Å². The van der Waals surface area contributed by atoms with Crippen molar-refractivity contribution in [1.29, 1.82) is 0 Å². The second kappa shape index (κ2) is 7.18. The normalized spacial score (nSPS) is 9.75. The van der Waals surface area contributed by atoms with Crippen molar-refractivity contribution in [3.8, 4) is 0 Å². The molecule has 0 aromatic rings. The van der Waals surface area contributed by atoms with Gasteiger partial charge in [0, 0.05) is 18.0 Å². The lowest BCUT2D eigenvalue weighted by Gasteiger charge is -2.16. The van der Waals surface area contributed by atoms with Crippen molar-refractivity contribution in [2.45, 2.75) is 26.3 Å². The van der Waals surface area contributed by atoms with Gasteiger partial charge in [-0.25, -0.2) is 4.79 Å². The van der Waals surface area contributed by atoms with Crippen LogP contribution in [0.15, 0.2) is 0 Å². The second-order valence-corrected chi connectivity index (χ2v) is 3.54. The zero-order chi connectivity index (χ0) is 10.2. The summed E-state index contributed by atoms with van der Waals surface area (Å²) in [5.74, 6) is 0.569. The summed E-state index contributed by atoms with van der Waals surface area (Å²) in [5.41, 5.74) is 4.57. The van der Waals surface area contributed by atoms with Gasteiger partial charge in [-0.2, -0.15) is 0 Å². The molecule has 0 aliphatic heterocycles. The first kappa shape index (κ1) is 14.1. The van der Waals surface area contributed by atoms with Crippen molar-refractivity contribution in [3.05, 3.63) is 0 Å². The summed E-state index contributed by atoms with van der Waals surface area (Å²) < 4.78 is 0. The minimum atomic E-state index is -0.975. The van der Waals surface area contributed by atoms with E-state index in [2.05, 4.69) is 5.32 Å². The van der Waals surface area contributed by atoms with Crippen molar-refractivity contribution in [2.24, 2.45) is 5.73 Å². The first-order valence-corrected chi connectivity index (χ1v) is 4.14. The van der Waals surface area contributed by atoms with Crippen molar-refractivity contribution < 1.29 is 9.90 Å². The van der Waals surface area contributed by atoms with E-state index in [1.165, 1.54) is 0 Å². The maximum atomic E-state index is 9.90. The highest BCUT2D eigenvalue weighted by molar-refractivity contribution is 6.18. The Hall–Kier alpha value is -0.480. The van der Waals surface area contributed by atoms with Crippen LogP contribution in [-0.2, 0) is 0 Å². The number of hydrogen-bond acceptors (Lipinski definition) is 2. The standard InChI is InChI=1S/C5H11NO2.C2H6ClN/c1-5(2,3)6-4(7)8;3-1-2-4/h6H,1-3H3,(H,7,8);1-2,4H2. The lowest BCUT2D eigenvalue weighted by atomic mass is 10.1. The molecule has 4 nitrogen and oxygen atoms in total. The average molecular weight is 197 g/mol. The summed E-state index contributed by atoms with van der Waals surface area (Å²) in [5, 5.41) is 10.4. The molecule has 0 aromatic carbocycles. The highest BCUT2D eigenvalue weighted by Gasteiger charge is 2.10. The number of carbonyl (C=O) groups is 1. The van der Waals surface area contributed by atoms with E-state index in [1.54, 1.807) is 20.8 Å². The molecule has 0 aliphatic carbocycles. The summed E-state index contributed by atoms with van der Waals surface area (Å²) in [6.07, 6.45) is -0.975. The van der Waals surface area contributed by atoms with E-state index in [0.717, 1.165) is 0 Å². The molecule has 0 fully saturated rings. The zero-order valence-electron chi connectivity index (χ0n) is 7.72. The SMILES string of the molecule is CC(C)(C)NC(=O)O.NCCCl. The number of nitrogens with two attached hydrogens (primary N) is 1. The number of carboxylic acid groups (broad SMARTS) is 1. The maximum Gasteiger partial charge on any atom is 0.405 e. The van der Waals surface area contributed by atoms with Gasteiger partial charge in [0.1, 0.15) is 0 Å². The van der Waals surface area contributed by atoms with Gasteiger partial charge in [-0.15, -0.1) is 11.6 Å². The fourth-order valence-electron chi connectivity index (χ4n) is 0.321. The molecule has 74 valence electrons. The van der Waals surface area contributed by atoms with Gasteiger partial charge in [0.15, 0.2) is 0 Å². The number of halogens is 1. The van der Waals surface area contributed by atoms with E-state index in [4.69, 9.17) is 22.4 Å². The first-order chi connectivity index (χ1) is 5.33. The van der Waals surface area contributed by atoms with Crippen LogP contribution in [0.4, 0.5) is 4.79 Å². The Labute approximate surface area is 78.1 Å². The molecule has 12 heavy (non-hydrogen) atoms. The van der Waals surface area contributed by atoms with Crippen molar-refractivity contribution >= 4 is 17.7 Å². The van der Waals surface area contributed by atoms with Crippen LogP contribution in [0.5, 0.6) is 0 Å². The molecule has 0 radical (unpaired) electrons. The summed E-state index contributed by atoms with van der Waals surface area (Å²) in [7, 11) is 0. The van der Waals surface area contributed by atoms with Crippen LogP contribution >= 0.6 is 11.6 Å². The largest absolute Gasteiger partial charge is 0.465 e. The van der Waals surface area contributed by atoms with Crippen LogP contribution < -0.4 is 11.1 Å². The van der Waals surface area contributed by atoms with Crippen molar-refractivity contribution in [2.75, 3.05) is 12.4 Å². The molecule has 0 spiro atoms. The summed E-state index contributed by atoms with van der Waals surface area (Å²) in [6.45, 7) is 5.96. The Balaban J connectivity index is 0. The van der Waals surface area contributed by atoms with Crippen LogP contribution in [0.1, 0.15) is 20.8 Å². The topological polar surface area (TPSA) is 75.3 Å². The van der Waals surface area contributed by atoms with Crippen LogP contribution in [0.2, 0.25) is 0 Å². The van der Waals surface area contributed by atoms with Gasteiger partial charge in [-0.1, -0.05) is 0 Å². The molecule has 0 unspecified atom stereocenters. The Morgan fingerprint density at radius 1 is 1.58 bits per heavy atom. The third-order valence-electron chi connectivity index (χ3n) is 0.591. The van der Waals surface area contributed by atoms with Crippen LogP contribution in [-0.4, -0.2) is 29.2 Å². The Bertz CT molecular complexity index is 121. The maximum absolute atomic E-state index is 9.90. The van der Waals surface area contributed by atoms with Crippen LogP contribution in [0, 0.1) is 0 Å². The van der Waals surface area contributed by atoms with Gasteiger partial charge in [0.25, 0.3) is 0 Å². The molecule has 0 aliphatic rings. The van der Waals surface area contributed by atoms with E-state index < -0.39 is 6.09 Å². The summed E-state index contributed by atoms with van der Waals surface area (Å²) >= 11 is 5.06. The molecule has 5 heteroatoms. The molecular formula is C7H17ClN2O2.